The first kappa shape index (κ1) is 19.3. The highest BCUT2D eigenvalue weighted by molar-refractivity contribution is 5.71. The van der Waals surface area contributed by atoms with Gasteiger partial charge in [-0.1, -0.05) is 55.5 Å². The highest BCUT2D eigenvalue weighted by Crippen LogP contribution is 2.34. The molecule has 2 aromatic rings. The Kier molecular flexibility index (Phi) is 6.60. The maximum absolute atomic E-state index is 12.0. The number of methoxy groups -OCH3 is 1. The molecule has 6 heteroatoms. The summed E-state index contributed by atoms with van der Waals surface area (Å²) in [5, 5.41) is 12.0. The second kappa shape index (κ2) is 8.89. The van der Waals surface area contributed by atoms with Crippen LogP contribution in [0, 0.1) is 0 Å². The van der Waals surface area contributed by atoms with Gasteiger partial charge in [0.05, 0.1) is 13.5 Å². The lowest BCUT2D eigenvalue weighted by Crippen LogP contribution is -2.40. The van der Waals surface area contributed by atoms with Crippen molar-refractivity contribution in [2.45, 2.75) is 25.4 Å². The van der Waals surface area contributed by atoms with Crippen molar-refractivity contribution < 1.29 is 24.2 Å². The lowest BCUT2D eigenvalue weighted by atomic mass is 9.79. The molecule has 2 aromatic carbocycles. The predicted molar refractivity (Wildman–Crippen MR) is 97.2 cm³/mol. The van der Waals surface area contributed by atoms with Gasteiger partial charge < -0.3 is 19.9 Å². The van der Waals surface area contributed by atoms with E-state index in [1.54, 1.807) is 19.1 Å². The zero-order valence-electron chi connectivity index (χ0n) is 14.9. The second-order valence-corrected chi connectivity index (χ2v) is 6.25. The Labute approximate surface area is 152 Å². The largest absolute Gasteiger partial charge is 0.496 e. The topological polar surface area (TPSA) is 84.9 Å². The fourth-order valence-electron chi connectivity index (χ4n) is 2.77. The average Bonchev–Trinajstić information content (AvgIpc) is 2.65. The van der Waals surface area contributed by atoms with Gasteiger partial charge in [-0.15, -0.1) is 0 Å². The highest BCUT2D eigenvalue weighted by atomic mass is 16.5. The molecule has 0 aliphatic heterocycles. The number of amides is 1. The first-order valence-corrected chi connectivity index (χ1v) is 8.24. The van der Waals surface area contributed by atoms with Crippen molar-refractivity contribution in [2.75, 3.05) is 13.7 Å². The van der Waals surface area contributed by atoms with Gasteiger partial charge in [0.15, 0.2) is 0 Å². The van der Waals surface area contributed by atoms with E-state index in [2.05, 4.69) is 5.32 Å². The number of carbonyl (C=O) groups excluding carboxylic acids is 1. The monoisotopic (exact) mass is 357 g/mol. The van der Waals surface area contributed by atoms with E-state index in [9.17, 15) is 14.7 Å². The standard InChI is InChI=1S/C20H23NO5/c1-20(12-18(22)23,16-10-6-7-11-17(16)25-2)14-21-19(24)26-13-15-8-4-3-5-9-15/h3-11H,12-14H2,1-2H3,(H,21,24)(H,22,23). The first-order valence-electron chi connectivity index (χ1n) is 8.24. The molecule has 1 unspecified atom stereocenters. The number of alkyl carbamates (subject to hydrolysis) is 1. The van der Waals surface area contributed by atoms with Crippen molar-refractivity contribution >= 4 is 12.1 Å². The number of ether oxygens (including phenoxy) is 2. The van der Waals surface area contributed by atoms with Gasteiger partial charge in [-0.3, -0.25) is 4.79 Å². The Morgan fingerprint density at radius 3 is 2.38 bits per heavy atom. The SMILES string of the molecule is COc1ccccc1C(C)(CNC(=O)OCc1ccccc1)CC(=O)O. The Hall–Kier alpha value is -3.02. The van der Waals surface area contributed by atoms with Crippen LogP contribution in [-0.4, -0.2) is 30.8 Å². The molecule has 0 aliphatic rings. The molecule has 0 saturated heterocycles. The van der Waals surface area contributed by atoms with E-state index in [4.69, 9.17) is 9.47 Å². The number of hydrogen-bond donors (Lipinski definition) is 2. The van der Waals surface area contributed by atoms with Crippen LogP contribution in [0.5, 0.6) is 5.75 Å². The van der Waals surface area contributed by atoms with Crippen molar-refractivity contribution in [1.82, 2.24) is 5.32 Å². The van der Waals surface area contributed by atoms with Gasteiger partial charge in [0, 0.05) is 17.5 Å². The molecule has 0 spiro atoms. The number of carboxylic acids is 1. The van der Waals surface area contributed by atoms with Crippen molar-refractivity contribution in [3.05, 3.63) is 65.7 Å². The minimum Gasteiger partial charge on any atom is -0.496 e. The Morgan fingerprint density at radius 2 is 1.73 bits per heavy atom. The normalized spacial score (nSPS) is 12.7. The third-order valence-electron chi connectivity index (χ3n) is 4.13. The maximum atomic E-state index is 12.0. The van der Waals surface area contributed by atoms with Crippen LogP contribution in [0.2, 0.25) is 0 Å². The third-order valence-corrected chi connectivity index (χ3v) is 4.13. The molecule has 0 saturated carbocycles. The van der Waals surface area contributed by atoms with Crippen LogP contribution in [0.3, 0.4) is 0 Å². The van der Waals surface area contributed by atoms with E-state index in [0.717, 1.165) is 5.56 Å². The molecule has 0 heterocycles. The van der Waals surface area contributed by atoms with Gasteiger partial charge in [0.2, 0.25) is 0 Å². The van der Waals surface area contributed by atoms with E-state index >= 15 is 0 Å². The molecule has 0 aromatic heterocycles. The maximum Gasteiger partial charge on any atom is 0.407 e. The van der Waals surface area contributed by atoms with Crippen LogP contribution in [0.4, 0.5) is 4.79 Å². The number of hydrogen-bond acceptors (Lipinski definition) is 4. The van der Waals surface area contributed by atoms with E-state index < -0.39 is 17.5 Å². The van der Waals surface area contributed by atoms with E-state index in [1.807, 2.05) is 42.5 Å². The van der Waals surface area contributed by atoms with Crippen LogP contribution in [-0.2, 0) is 21.6 Å². The van der Waals surface area contributed by atoms with E-state index in [-0.39, 0.29) is 19.6 Å². The minimum atomic E-state index is -0.960. The van der Waals surface area contributed by atoms with Gasteiger partial charge in [0.1, 0.15) is 12.4 Å². The van der Waals surface area contributed by atoms with Crippen molar-refractivity contribution in [3.63, 3.8) is 0 Å². The molecule has 1 amide bonds. The van der Waals surface area contributed by atoms with Crippen molar-refractivity contribution in [2.24, 2.45) is 0 Å². The second-order valence-electron chi connectivity index (χ2n) is 6.25. The van der Waals surface area contributed by atoms with Crippen LogP contribution >= 0.6 is 0 Å². The summed E-state index contributed by atoms with van der Waals surface area (Å²) in [6, 6.07) is 16.5. The number of carboxylic acid groups (broad SMARTS) is 1. The number of carbonyl (C=O) groups is 2. The molecule has 0 bridgehead atoms. The molecule has 1 atom stereocenters. The van der Waals surface area contributed by atoms with E-state index in [0.29, 0.717) is 11.3 Å². The number of nitrogens with one attached hydrogen (secondary N) is 1. The minimum absolute atomic E-state index is 0.104. The van der Waals surface area contributed by atoms with Gasteiger partial charge in [-0.05, 0) is 11.6 Å². The van der Waals surface area contributed by atoms with Crippen molar-refractivity contribution in [3.8, 4) is 5.75 Å². The third kappa shape index (κ3) is 5.24. The Morgan fingerprint density at radius 1 is 1.08 bits per heavy atom. The molecular formula is C20H23NO5. The summed E-state index contributed by atoms with van der Waals surface area (Å²) in [7, 11) is 1.53. The fourth-order valence-corrected chi connectivity index (χ4v) is 2.77. The number of aliphatic carboxylic acids is 1. The first-order chi connectivity index (χ1) is 12.4. The fraction of sp³-hybridized carbons (Fsp3) is 0.300. The summed E-state index contributed by atoms with van der Waals surface area (Å²) in [5.74, 6) is -0.381. The van der Waals surface area contributed by atoms with Crippen molar-refractivity contribution in [1.29, 1.82) is 0 Å². The zero-order valence-corrected chi connectivity index (χ0v) is 14.9. The lowest BCUT2D eigenvalue weighted by molar-refractivity contribution is -0.138. The summed E-state index contributed by atoms with van der Waals surface area (Å²) >= 11 is 0. The van der Waals surface area contributed by atoms with Crippen LogP contribution in [0.1, 0.15) is 24.5 Å². The summed E-state index contributed by atoms with van der Waals surface area (Å²) < 4.78 is 10.5. The Bertz CT molecular complexity index is 747. The van der Waals surface area contributed by atoms with Crippen LogP contribution in [0.25, 0.3) is 0 Å². The molecule has 0 aliphatic carbocycles. The molecule has 6 nitrogen and oxygen atoms in total. The molecule has 26 heavy (non-hydrogen) atoms. The summed E-state index contributed by atoms with van der Waals surface area (Å²) in [6.45, 7) is 2.03. The van der Waals surface area contributed by atoms with Gasteiger partial charge in [-0.2, -0.15) is 0 Å². The number of benzene rings is 2. The smallest absolute Gasteiger partial charge is 0.407 e. The summed E-state index contributed by atoms with van der Waals surface area (Å²) in [4.78, 5) is 23.4. The molecule has 0 fully saturated rings. The van der Waals surface area contributed by atoms with Gasteiger partial charge in [-0.25, -0.2) is 4.79 Å². The molecule has 138 valence electrons. The van der Waals surface area contributed by atoms with E-state index in [1.165, 1.54) is 7.11 Å². The lowest BCUT2D eigenvalue weighted by Gasteiger charge is -2.30. The van der Waals surface area contributed by atoms with Gasteiger partial charge >= 0.3 is 12.1 Å². The summed E-state index contributed by atoms with van der Waals surface area (Å²) in [5.41, 5.74) is 0.749. The summed E-state index contributed by atoms with van der Waals surface area (Å²) in [6.07, 6.45) is -0.757. The average molecular weight is 357 g/mol. The zero-order chi connectivity index (χ0) is 19.0. The van der Waals surface area contributed by atoms with Crippen LogP contribution in [0.15, 0.2) is 54.6 Å². The predicted octanol–water partition coefficient (Wildman–Crippen LogP) is 3.35. The molecular weight excluding hydrogens is 334 g/mol. The number of rotatable bonds is 8. The quantitative estimate of drug-likeness (QED) is 0.757. The highest BCUT2D eigenvalue weighted by Gasteiger charge is 2.33. The molecule has 0 radical (unpaired) electrons. The van der Waals surface area contributed by atoms with Crippen LogP contribution < -0.4 is 10.1 Å². The van der Waals surface area contributed by atoms with Gasteiger partial charge in [0.25, 0.3) is 0 Å². The number of para-hydroxylation sites is 1. The molecule has 2 rings (SSSR count). The Balaban J connectivity index is 2.05. The molecule has 2 N–H and O–H groups in total.